The van der Waals surface area contributed by atoms with Gasteiger partial charge in [0.1, 0.15) is 17.9 Å². The van der Waals surface area contributed by atoms with Gasteiger partial charge in [-0.05, 0) is 19.1 Å². The fourth-order valence-electron chi connectivity index (χ4n) is 1.79. The van der Waals surface area contributed by atoms with Gasteiger partial charge in [-0.2, -0.15) is 0 Å². The van der Waals surface area contributed by atoms with Gasteiger partial charge in [0.15, 0.2) is 0 Å². The first-order valence-electron chi connectivity index (χ1n) is 5.34. The second-order valence-electron chi connectivity index (χ2n) is 4.09. The standard InChI is InChI=1S/C12H15NO3/c1-8-2-4-9(5-3-8)16-10-6-11(12(14)15)13-7-10/h2-5,10-11,13H,6-7H2,1H3,(H,14,15). The molecular formula is C12H15NO3. The lowest BCUT2D eigenvalue weighted by atomic mass is 10.2. The zero-order chi connectivity index (χ0) is 11.5. The van der Waals surface area contributed by atoms with E-state index in [2.05, 4.69) is 5.32 Å². The molecule has 2 atom stereocenters. The van der Waals surface area contributed by atoms with Crippen molar-refractivity contribution in [2.24, 2.45) is 0 Å². The third-order valence-corrected chi connectivity index (χ3v) is 2.71. The highest BCUT2D eigenvalue weighted by Crippen LogP contribution is 2.17. The zero-order valence-electron chi connectivity index (χ0n) is 9.14. The summed E-state index contributed by atoms with van der Waals surface area (Å²) in [7, 11) is 0. The molecule has 0 amide bonds. The fourth-order valence-corrected chi connectivity index (χ4v) is 1.79. The van der Waals surface area contributed by atoms with Crippen LogP contribution in [0, 0.1) is 6.92 Å². The molecule has 0 aliphatic carbocycles. The normalized spacial score (nSPS) is 24.3. The molecule has 0 bridgehead atoms. The SMILES string of the molecule is Cc1ccc(OC2CNC(C(=O)O)C2)cc1. The summed E-state index contributed by atoms with van der Waals surface area (Å²) < 4.78 is 5.68. The number of hydrogen-bond donors (Lipinski definition) is 2. The van der Waals surface area contributed by atoms with Crippen molar-refractivity contribution in [1.29, 1.82) is 0 Å². The number of ether oxygens (including phenoxy) is 1. The van der Waals surface area contributed by atoms with Crippen LogP contribution in [0.1, 0.15) is 12.0 Å². The second-order valence-corrected chi connectivity index (χ2v) is 4.09. The average molecular weight is 221 g/mol. The van der Waals surface area contributed by atoms with Gasteiger partial charge in [-0.15, -0.1) is 0 Å². The van der Waals surface area contributed by atoms with Crippen LogP contribution in [-0.2, 0) is 4.79 Å². The number of carboxylic acid groups (broad SMARTS) is 1. The first kappa shape index (κ1) is 11.0. The third-order valence-electron chi connectivity index (χ3n) is 2.71. The van der Waals surface area contributed by atoms with Gasteiger partial charge < -0.3 is 15.2 Å². The van der Waals surface area contributed by atoms with E-state index in [0.717, 1.165) is 5.75 Å². The maximum absolute atomic E-state index is 10.7. The molecule has 1 fully saturated rings. The van der Waals surface area contributed by atoms with Gasteiger partial charge in [-0.3, -0.25) is 4.79 Å². The summed E-state index contributed by atoms with van der Waals surface area (Å²) in [6.45, 7) is 2.60. The maximum atomic E-state index is 10.7. The van der Waals surface area contributed by atoms with E-state index in [0.29, 0.717) is 13.0 Å². The van der Waals surface area contributed by atoms with E-state index in [1.807, 2.05) is 31.2 Å². The Bertz CT molecular complexity index is 374. The van der Waals surface area contributed by atoms with Crippen LogP contribution in [0.2, 0.25) is 0 Å². The van der Waals surface area contributed by atoms with Crippen LogP contribution >= 0.6 is 0 Å². The number of hydrogen-bond acceptors (Lipinski definition) is 3. The molecule has 1 aliphatic heterocycles. The number of carboxylic acids is 1. The summed E-state index contributed by atoms with van der Waals surface area (Å²) in [5, 5.41) is 11.7. The Balaban J connectivity index is 1.92. The molecule has 1 aliphatic rings. The van der Waals surface area contributed by atoms with Crippen molar-refractivity contribution in [3.8, 4) is 5.75 Å². The largest absolute Gasteiger partial charge is 0.489 e. The number of nitrogens with one attached hydrogen (secondary N) is 1. The van der Waals surface area contributed by atoms with Crippen LogP contribution in [0.25, 0.3) is 0 Å². The Labute approximate surface area is 94.2 Å². The topological polar surface area (TPSA) is 58.6 Å². The van der Waals surface area contributed by atoms with E-state index in [4.69, 9.17) is 9.84 Å². The van der Waals surface area contributed by atoms with Crippen molar-refractivity contribution in [3.63, 3.8) is 0 Å². The first-order valence-corrected chi connectivity index (χ1v) is 5.34. The maximum Gasteiger partial charge on any atom is 0.320 e. The van der Waals surface area contributed by atoms with Crippen molar-refractivity contribution < 1.29 is 14.6 Å². The minimum atomic E-state index is -0.810. The Kier molecular flexibility index (Phi) is 3.10. The van der Waals surface area contributed by atoms with Gasteiger partial charge in [0.05, 0.1) is 0 Å². The second kappa shape index (κ2) is 4.53. The average Bonchev–Trinajstić information content (AvgIpc) is 2.70. The Morgan fingerprint density at radius 2 is 2.12 bits per heavy atom. The molecule has 2 rings (SSSR count). The van der Waals surface area contributed by atoms with E-state index in [1.165, 1.54) is 5.56 Å². The molecule has 2 unspecified atom stereocenters. The Morgan fingerprint density at radius 3 is 2.69 bits per heavy atom. The minimum absolute atomic E-state index is 0.0520. The molecule has 1 heterocycles. The molecule has 4 nitrogen and oxygen atoms in total. The Morgan fingerprint density at radius 1 is 1.44 bits per heavy atom. The molecule has 0 saturated carbocycles. The summed E-state index contributed by atoms with van der Waals surface area (Å²) in [6.07, 6.45) is 0.465. The fraction of sp³-hybridized carbons (Fsp3) is 0.417. The summed E-state index contributed by atoms with van der Waals surface area (Å²) in [4.78, 5) is 10.7. The molecule has 4 heteroatoms. The summed E-state index contributed by atoms with van der Waals surface area (Å²) >= 11 is 0. The number of aryl methyl sites for hydroxylation is 1. The van der Waals surface area contributed by atoms with Crippen molar-refractivity contribution >= 4 is 5.97 Å². The number of benzene rings is 1. The molecule has 1 aromatic carbocycles. The molecular weight excluding hydrogens is 206 g/mol. The van der Waals surface area contributed by atoms with Gasteiger partial charge in [0.25, 0.3) is 0 Å². The number of rotatable bonds is 3. The van der Waals surface area contributed by atoms with E-state index >= 15 is 0 Å². The lowest BCUT2D eigenvalue weighted by molar-refractivity contribution is -0.139. The van der Waals surface area contributed by atoms with Crippen LogP contribution in [-0.4, -0.2) is 29.8 Å². The molecule has 2 N–H and O–H groups in total. The van der Waals surface area contributed by atoms with Crippen molar-refractivity contribution in [3.05, 3.63) is 29.8 Å². The van der Waals surface area contributed by atoms with E-state index < -0.39 is 12.0 Å². The first-order chi connectivity index (χ1) is 7.65. The minimum Gasteiger partial charge on any atom is -0.489 e. The Hall–Kier alpha value is -1.55. The van der Waals surface area contributed by atoms with E-state index in [-0.39, 0.29) is 6.10 Å². The zero-order valence-corrected chi connectivity index (χ0v) is 9.14. The van der Waals surface area contributed by atoms with Crippen LogP contribution in [0.3, 0.4) is 0 Å². The predicted octanol–water partition coefficient (Wildman–Crippen LogP) is 1.19. The van der Waals surface area contributed by atoms with Crippen molar-refractivity contribution in [1.82, 2.24) is 5.32 Å². The van der Waals surface area contributed by atoms with E-state index in [9.17, 15) is 4.79 Å². The molecule has 1 aromatic rings. The van der Waals surface area contributed by atoms with Crippen LogP contribution < -0.4 is 10.1 Å². The highest BCUT2D eigenvalue weighted by Gasteiger charge is 2.30. The van der Waals surface area contributed by atoms with Gasteiger partial charge in [0.2, 0.25) is 0 Å². The third kappa shape index (κ3) is 2.52. The molecule has 0 radical (unpaired) electrons. The van der Waals surface area contributed by atoms with Crippen LogP contribution in [0.4, 0.5) is 0 Å². The molecule has 16 heavy (non-hydrogen) atoms. The predicted molar refractivity (Wildman–Crippen MR) is 59.6 cm³/mol. The summed E-state index contributed by atoms with van der Waals surface area (Å²) in [5.41, 5.74) is 1.18. The monoisotopic (exact) mass is 221 g/mol. The highest BCUT2D eigenvalue weighted by molar-refractivity contribution is 5.73. The lowest BCUT2D eigenvalue weighted by Crippen LogP contribution is -2.30. The van der Waals surface area contributed by atoms with Gasteiger partial charge in [-0.25, -0.2) is 0 Å². The molecule has 86 valence electrons. The van der Waals surface area contributed by atoms with Gasteiger partial charge in [-0.1, -0.05) is 17.7 Å². The van der Waals surface area contributed by atoms with Crippen molar-refractivity contribution in [2.75, 3.05) is 6.54 Å². The quantitative estimate of drug-likeness (QED) is 0.805. The smallest absolute Gasteiger partial charge is 0.320 e. The van der Waals surface area contributed by atoms with Crippen LogP contribution in [0.15, 0.2) is 24.3 Å². The van der Waals surface area contributed by atoms with Crippen LogP contribution in [0.5, 0.6) is 5.75 Å². The summed E-state index contributed by atoms with van der Waals surface area (Å²) in [5.74, 6) is -0.0153. The van der Waals surface area contributed by atoms with E-state index in [1.54, 1.807) is 0 Å². The molecule has 1 saturated heterocycles. The highest BCUT2D eigenvalue weighted by atomic mass is 16.5. The molecule has 0 aromatic heterocycles. The van der Waals surface area contributed by atoms with Gasteiger partial charge >= 0.3 is 5.97 Å². The van der Waals surface area contributed by atoms with Gasteiger partial charge in [0, 0.05) is 13.0 Å². The number of aliphatic carboxylic acids is 1. The lowest BCUT2D eigenvalue weighted by Gasteiger charge is -2.12. The number of carbonyl (C=O) groups is 1. The van der Waals surface area contributed by atoms with Crippen molar-refractivity contribution in [2.45, 2.75) is 25.5 Å². The summed E-state index contributed by atoms with van der Waals surface area (Å²) in [6, 6.07) is 7.29. The molecule has 0 spiro atoms.